The van der Waals surface area contributed by atoms with E-state index in [-0.39, 0.29) is 36.6 Å². The fourth-order valence-electron chi connectivity index (χ4n) is 1.50. The van der Waals surface area contributed by atoms with Crippen molar-refractivity contribution in [1.29, 1.82) is 0 Å². The van der Waals surface area contributed by atoms with E-state index >= 15 is 0 Å². The zero-order chi connectivity index (χ0) is 15.2. The lowest BCUT2D eigenvalue weighted by atomic mass is 10.1. The molecule has 0 atom stereocenters. The van der Waals surface area contributed by atoms with Gasteiger partial charge in [0.2, 0.25) is 0 Å². The number of hydrogen-bond donors (Lipinski definition) is 2. The molecule has 0 bridgehead atoms. The van der Waals surface area contributed by atoms with Gasteiger partial charge in [0.1, 0.15) is 5.82 Å². The van der Waals surface area contributed by atoms with E-state index in [0.717, 1.165) is 0 Å². The van der Waals surface area contributed by atoms with Gasteiger partial charge in [-0.15, -0.1) is 0 Å². The molecule has 0 aliphatic rings. The number of oxime groups is 1. The van der Waals surface area contributed by atoms with Crippen molar-refractivity contribution in [2.24, 2.45) is 10.9 Å². The average Bonchev–Trinajstić information content (AvgIpc) is 2.38. The second-order valence-electron chi connectivity index (χ2n) is 4.04. The Kier molecular flexibility index (Phi) is 5.75. The zero-order valence-electron chi connectivity index (χ0n) is 10.5. The lowest BCUT2D eigenvalue weighted by Gasteiger charge is -2.09. The molecule has 0 aromatic heterocycles. The summed E-state index contributed by atoms with van der Waals surface area (Å²) in [6.45, 7) is -0.316. The molecule has 1 rings (SSSR count). The Morgan fingerprint density at radius 1 is 1.35 bits per heavy atom. The summed E-state index contributed by atoms with van der Waals surface area (Å²) >= 11 is 0. The standard InChI is InChI=1S/C12H14F4N2O2/c13-10-8(3-1-4-9(10)11(17)18-19)7-20-6-2-5-12(14,15)16/h1,3-4,19H,2,5-7H2,(H2,17,18). The third kappa shape index (κ3) is 5.04. The topological polar surface area (TPSA) is 67.8 Å². The van der Waals surface area contributed by atoms with Crippen LogP contribution < -0.4 is 5.73 Å². The van der Waals surface area contributed by atoms with Crippen LogP contribution in [0.4, 0.5) is 17.6 Å². The lowest BCUT2D eigenvalue weighted by Crippen LogP contribution is -2.16. The lowest BCUT2D eigenvalue weighted by molar-refractivity contribution is -0.138. The van der Waals surface area contributed by atoms with Gasteiger partial charge >= 0.3 is 6.18 Å². The first kappa shape index (κ1) is 16.2. The molecule has 8 heteroatoms. The van der Waals surface area contributed by atoms with Crippen molar-refractivity contribution in [3.05, 3.63) is 35.1 Å². The highest BCUT2D eigenvalue weighted by Crippen LogP contribution is 2.21. The molecule has 0 amide bonds. The maximum atomic E-state index is 13.9. The van der Waals surface area contributed by atoms with Crippen LogP contribution in [0.25, 0.3) is 0 Å². The van der Waals surface area contributed by atoms with E-state index in [9.17, 15) is 17.6 Å². The Hall–Kier alpha value is -1.83. The van der Waals surface area contributed by atoms with E-state index in [1.165, 1.54) is 18.2 Å². The molecule has 0 fully saturated rings. The van der Waals surface area contributed by atoms with Crippen LogP contribution in [0.3, 0.4) is 0 Å². The third-order valence-corrected chi connectivity index (χ3v) is 2.47. The summed E-state index contributed by atoms with van der Waals surface area (Å²) in [4.78, 5) is 0. The number of halogens is 4. The Bertz CT molecular complexity index is 475. The van der Waals surface area contributed by atoms with Crippen LogP contribution in [0.1, 0.15) is 24.0 Å². The molecule has 0 spiro atoms. The van der Waals surface area contributed by atoms with Gasteiger partial charge in [0.15, 0.2) is 5.84 Å². The fraction of sp³-hybridized carbons (Fsp3) is 0.417. The molecular formula is C12H14F4N2O2. The van der Waals surface area contributed by atoms with Crippen LogP contribution in [0.2, 0.25) is 0 Å². The Labute approximate surface area is 112 Å². The highest BCUT2D eigenvalue weighted by molar-refractivity contribution is 5.97. The first-order valence-corrected chi connectivity index (χ1v) is 5.75. The van der Waals surface area contributed by atoms with Crippen molar-refractivity contribution in [1.82, 2.24) is 0 Å². The predicted molar refractivity (Wildman–Crippen MR) is 63.9 cm³/mol. The Morgan fingerprint density at radius 3 is 2.65 bits per heavy atom. The summed E-state index contributed by atoms with van der Waals surface area (Å²) in [5.41, 5.74) is 5.31. The molecule has 0 saturated heterocycles. The van der Waals surface area contributed by atoms with Crippen LogP contribution in [-0.4, -0.2) is 23.8 Å². The SMILES string of the molecule is N/C(=N/O)c1cccc(COCCCC(F)(F)F)c1F. The summed E-state index contributed by atoms with van der Waals surface area (Å²) in [7, 11) is 0. The predicted octanol–water partition coefficient (Wildman–Crippen LogP) is 2.78. The molecule has 0 aliphatic heterocycles. The monoisotopic (exact) mass is 294 g/mol. The van der Waals surface area contributed by atoms with Crippen molar-refractivity contribution < 1.29 is 27.5 Å². The summed E-state index contributed by atoms with van der Waals surface area (Å²) in [5.74, 6) is -1.11. The minimum atomic E-state index is -4.22. The quantitative estimate of drug-likeness (QED) is 0.212. The first-order chi connectivity index (χ1) is 9.35. The van der Waals surface area contributed by atoms with Crippen LogP contribution in [-0.2, 0) is 11.3 Å². The maximum Gasteiger partial charge on any atom is 0.389 e. The Balaban J connectivity index is 2.53. The van der Waals surface area contributed by atoms with E-state index in [2.05, 4.69) is 5.16 Å². The molecule has 1 aromatic rings. The van der Waals surface area contributed by atoms with Crippen LogP contribution in [0, 0.1) is 5.82 Å². The molecule has 0 unspecified atom stereocenters. The zero-order valence-corrected chi connectivity index (χ0v) is 10.5. The highest BCUT2D eigenvalue weighted by atomic mass is 19.4. The number of hydrogen-bond acceptors (Lipinski definition) is 3. The number of benzene rings is 1. The molecule has 1 aromatic carbocycles. The molecule has 0 aliphatic carbocycles. The van der Waals surface area contributed by atoms with E-state index in [1.807, 2.05) is 0 Å². The van der Waals surface area contributed by atoms with E-state index in [4.69, 9.17) is 15.7 Å². The molecule has 0 heterocycles. The highest BCUT2D eigenvalue weighted by Gasteiger charge is 2.25. The number of alkyl halides is 3. The van der Waals surface area contributed by atoms with Crippen molar-refractivity contribution >= 4 is 5.84 Å². The minimum absolute atomic E-state index is 0.0936. The molecule has 4 nitrogen and oxygen atoms in total. The molecule has 0 radical (unpaired) electrons. The van der Waals surface area contributed by atoms with Gasteiger partial charge in [0, 0.05) is 18.6 Å². The van der Waals surface area contributed by atoms with Crippen molar-refractivity contribution in [2.75, 3.05) is 6.61 Å². The van der Waals surface area contributed by atoms with E-state index in [1.54, 1.807) is 0 Å². The molecule has 20 heavy (non-hydrogen) atoms. The van der Waals surface area contributed by atoms with Gasteiger partial charge < -0.3 is 15.7 Å². The van der Waals surface area contributed by atoms with Crippen LogP contribution >= 0.6 is 0 Å². The van der Waals surface area contributed by atoms with Crippen LogP contribution in [0.15, 0.2) is 23.4 Å². The average molecular weight is 294 g/mol. The van der Waals surface area contributed by atoms with Gasteiger partial charge in [-0.3, -0.25) is 0 Å². The van der Waals surface area contributed by atoms with Gasteiger partial charge in [0.25, 0.3) is 0 Å². The fourth-order valence-corrected chi connectivity index (χ4v) is 1.50. The minimum Gasteiger partial charge on any atom is -0.409 e. The van der Waals surface area contributed by atoms with E-state index < -0.39 is 18.4 Å². The van der Waals surface area contributed by atoms with Crippen LogP contribution in [0.5, 0.6) is 0 Å². The third-order valence-electron chi connectivity index (χ3n) is 2.47. The number of nitrogens with two attached hydrogens (primary N) is 1. The summed E-state index contributed by atoms with van der Waals surface area (Å²) < 4.78 is 54.5. The van der Waals surface area contributed by atoms with Gasteiger partial charge in [-0.25, -0.2) is 4.39 Å². The summed E-state index contributed by atoms with van der Waals surface area (Å²) in [6, 6.07) is 4.20. The molecule has 3 N–H and O–H groups in total. The second kappa shape index (κ2) is 7.09. The molecule has 0 saturated carbocycles. The number of ether oxygens (including phenoxy) is 1. The normalized spacial score (nSPS) is 12.7. The number of amidine groups is 1. The number of nitrogens with zero attached hydrogens (tertiary/aromatic N) is 1. The first-order valence-electron chi connectivity index (χ1n) is 5.75. The largest absolute Gasteiger partial charge is 0.409 e. The Morgan fingerprint density at radius 2 is 2.05 bits per heavy atom. The van der Waals surface area contributed by atoms with Crippen molar-refractivity contribution in [2.45, 2.75) is 25.6 Å². The van der Waals surface area contributed by atoms with Gasteiger partial charge in [-0.1, -0.05) is 17.3 Å². The smallest absolute Gasteiger partial charge is 0.389 e. The van der Waals surface area contributed by atoms with Crippen molar-refractivity contribution in [3.63, 3.8) is 0 Å². The molecular weight excluding hydrogens is 280 g/mol. The van der Waals surface area contributed by atoms with Gasteiger partial charge in [-0.2, -0.15) is 13.2 Å². The number of rotatable bonds is 6. The summed E-state index contributed by atoms with van der Waals surface area (Å²) in [5, 5.41) is 11.2. The second-order valence-corrected chi connectivity index (χ2v) is 4.04. The van der Waals surface area contributed by atoms with E-state index in [0.29, 0.717) is 0 Å². The van der Waals surface area contributed by atoms with Gasteiger partial charge in [-0.05, 0) is 12.5 Å². The summed E-state index contributed by atoms with van der Waals surface area (Å²) in [6.07, 6.45) is -5.36. The maximum absolute atomic E-state index is 13.9. The molecule has 112 valence electrons. The van der Waals surface area contributed by atoms with Gasteiger partial charge in [0.05, 0.1) is 12.2 Å². The van der Waals surface area contributed by atoms with Crippen molar-refractivity contribution in [3.8, 4) is 0 Å².